The summed E-state index contributed by atoms with van der Waals surface area (Å²) in [4.78, 5) is 31.5. The monoisotopic (exact) mass is 378 g/mol. The van der Waals surface area contributed by atoms with E-state index in [1.54, 1.807) is 18.3 Å². The summed E-state index contributed by atoms with van der Waals surface area (Å²) in [5, 5.41) is 2.69. The third kappa shape index (κ3) is 4.36. The van der Waals surface area contributed by atoms with Gasteiger partial charge in [0.15, 0.2) is 0 Å². The van der Waals surface area contributed by atoms with Crippen LogP contribution in [0.5, 0.6) is 0 Å². The summed E-state index contributed by atoms with van der Waals surface area (Å²) < 4.78 is 39.3. The molecule has 142 valence electrons. The molecule has 1 N–H and O–H groups in total. The van der Waals surface area contributed by atoms with Crippen LogP contribution in [0.3, 0.4) is 0 Å². The third-order valence-corrected chi connectivity index (χ3v) is 4.23. The fourth-order valence-electron chi connectivity index (χ4n) is 2.84. The molecule has 3 rings (SSSR count). The van der Waals surface area contributed by atoms with Gasteiger partial charge >= 0.3 is 12.2 Å². The van der Waals surface area contributed by atoms with E-state index in [4.69, 9.17) is 0 Å². The molecule has 1 aromatic carbocycles. The third-order valence-electron chi connectivity index (χ3n) is 4.23. The number of urea groups is 1. The van der Waals surface area contributed by atoms with Gasteiger partial charge in [-0.05, 0) is 24.3 Å². The molecule has 1 aliphatic rings. The highest BCUT2D eigenvalue weighted by molar-refractivity contribution is 5.96. The van der Waals surface area contributed by atoms with Crippen LogP contribution in [0.25, 0.3) is 0 Å². The van der Waals surface area contributed by atoms with Crippen molar-refractivity contribution in [1.29, 1.82) is 0 Å². The Morgan fingerprint density at radius 3 is 2.26 bits per heavy atom. The first kappa shape index (κ1) is 18.7. The summed E-state index contributed by atoms with van der Waals surface area (Å²) in [5.41, 5.74) is -0.787. The second kappa shape index (κ2) is 7.65. The van der Waals surface area contributed by atoms with E-state index in [1.807, 2.05) is 0 Å². The maximum atomic E-state index is 13.1. The molecule has 6 nitrogen and oxygen atoms in total. The van der Waals surface area contributed by atoms with Gasteiger partial charge in [-0.25, -0.2) is 4.79 Å². The molecule has 0 radical (unpaired) electrons. The van der Waals surface area contributed by atoms with Gasteiger partial charge in [-0.2, -0.15) is 13.2 Å². The molecule has 3 amide bonds. The number of aromatic nitrogens is 1. The van der Waals surface area contributed by atoms with Gasteiger partial charge in [-0.3, -0.25) is 9.78 Å². The van der Waals surface area contributed by atoms with Crippen molar-refractivity contribution in [1.82, 2.24) is 14.8 Å². The second-order valence-corrected chi connectivity index (χ2v) is 5.99. The van der Waals surface area contributed by atoms with Gasteiger partial charge in [-0.15, -0.1) is 0 Å². The van der Waals surface area contributed by atoms with Crippen LogP contribution in [-0.2, 0) is 6.18 Å². The Bertz CT molecular complexity index is 819. The largest absolute Gasteiger partial charge is 0.417 e. The van der Waals surface area contributed by atoms with Crippen molar-refractivity contribution in [2.24, 2.45) is 0 Å². The number of halogens is 3. The number of carbonyl (C=O) groups excluding carboxylic acids is 2. The quantitative estimate of drug-likeness (QED) is 0.873. The van der Waals surface area contributed by atoms with Gasteiger partial charge in [0.05, 0.1) is 23.0 Å². The molecular weight excluding hydrogens is 361 g/mol. The number of hydrogen-bond acceptors (Lipinski definition) is 3. The average Bonchev–Trinajstić information content (AvgIpc) is 2.67. The summed E-state index contributed by atoms with van der Waals surface area (Å²) in [6, 6.07) is 7.76. The highest BCUT2D eigenvalue weighted by Crippen LogP contribution is 2.32. The topological polar surface area (TPSA) is 65.5 Å². The number of benzene rings is 1. The summed E-state index contributed by atoms with van der Waals surface area (Å²) >= 11 is 0. The molecule has 0 bridgehead atoms. The highest BCUT2D eigenvalue weighted by atomic mass is 19.4. The minimum absolute atomic E-state index is 0.158. The van der Waals surface area contributed by atoms with E-state index >= 15 is 0 Å². The van der Waals surface area contributed by atoms with Gasteiger partial charge in [0, 0.05) is 32.4 Å². The number of alkyl halides is 3. The highest BCUT2D eigenvalue weighted by Gasteiger charge is 2.36. The Balaban J connectivity index is 1.63. The van der Waals surface area contributed by atoms with Crippen molar-refractivity contribution < 1.29 is 22.8 Å². The first-order chi connectivity index (χ1) is 12.9. The molecular formula is C18H17F3N4O2. The van der Waals surface area contributed by atoms with Crippen molar-refractivity contribution in [3.05, 3.63) is 59.9 Å². The van der Waals surface area contributed by atoms with Crippen LogP contribution in [0, 0.1) is 0 Å². The number of pyridine rings is 1. The number of amides is 3. The smallest absolute Gasteiger partial charge is 0.335 e. The summed E-state index contributed by atoms with van der Waals surface area (Å²) in [6.07, 6.45) is -1.51. The zero-order chi connectivity index (χ0) is 19.4. The Labute approximate surface area is 153 Å². The van der Waals surface area contributed by atoms with Gasteiger partial charge in [0.1, 0.15) is 0 Å². The molecule has 0 unspecified atom stereocenters. The molecule has 0 aliphatic carbocycles. The molecule has 27 heavy (non-hydrogen) atoms. The maximum Gasteiger partial charge on any atom is 0.417 e. The van der Waals surface area contributed by atoms with Crippen LogP contribution in [-0.4, -0.2) is 52.9 Å². The van der Waals surface area contributed by atoms with Crippen LogP contribution in [0.1, 0.15) is 15.9 Å². The van der Waals surface area contributed by atoms with Gasteiger partial charge in [0.2, 0.25) is 0 Å². The van der Waals surface area contributed by atoms with E-state index < -0.39 is 17.6 Å². The lowest BCUT2D eigenvalue weighted by Gasteiger charge is -2.35. The second-order valence-electron chi connectivity index (χ2n) is 5.99. The minimum Gasteiger partial charge on any atom is -0.335 e. The number of carbonyl (C=O) groups is 2. The number of anilines is 1. The molecule has 1 aliphatic heterocycles. The predicted octanol–water partition coefficient (Wildman–Crippen LogP) is 3.09. The van der Waals surface area contributed by atoms with Crippen LogP contribution >= 0.6 is 0 Å². The van der Waals surface area contributed by atoms with Crippen molar-refractivity contribution >= 4 is 17.6 Å². The number of nitrogens with zero attached hydrogens (tertiary/aromatic N) is 3. The first-order valence-corrected chi connectivity index (χ1v) is 8.28. The fraction of sp³-hybridized carbons (Fsp3) is 0.278. The lowest BCUT2D eigenvalue weighted by molar-refractivity contribution is -0.138. The van der Waals surface area contributed by atoms with Gasteiger partial charge in [0.25, 0.3) is 5.91 Å². The average molecular weight is 378 g/mol. The van der Waals surface area contributed by atoms with Crippen molar-refractivity contribution in [2.75, 3.05) is 31.5 Å². The predicted molar refractivity (Wildman–Crippen MR) is 92.2 cm³/mol. The molecule has 0 saturated carbocycles. The first-order valence-electron chi connectivity index (χ1n) is 8.28. The Kier molecular flexibility index (Phi) is 5.29. The molecule has 1 saturated heterocycles. The van der Waals surface area contributed by atoms with E-state index in [0.29, 0.717) is 5.69 Å². The summed E-state index contributed by atoms with van der Waals surface area (Å²) in [5.74, 6) is -0.685. The maximum absolute atomic E-state index is 13.1. The van der Waals surface area contributed by atoms with E-state index in [-0.39, 0.29) is 37.8 Å². The molecule has 2 aromatic rings. The van der Waals surface area contributed by atoms with E-state index in [2.05, 4.69) is 10.3 Å². The molecule has 9 heteroatoms. The standard InChI is InChI=1S/C18H17F3N4O2/c19-18(20,21)15-6-2-1-5-14(15)16(26)24-8-10-25(11-9-24)17(27)23-13-4-3-7-22-12-13/h1-7,12H,8-11H2,(H,23,27). The zero-order valence-corrected chi connectivity index (χ0v) is 14.2. The van der Waals surface area contributed by atoms with Crippen molar-refractivity contribution in [3.63, 3.8) is 0 Å². The molecule has 1 aromatic heterocycles. The number of piperazine rings is 1. The Hall–Kier alpha value is -3.10. The van der Waals surface area contributed by atoms with Gasteiger partial charge in [-0.1, -0.05) is 12.1 Å². The molecule has 0 atom stereocenters. The molecule has 2 heterocycles. The Morgan fingerprint density at radius 2 is 1.63 bits per heavy atom. The summed E-state index contributed by atoms with van der Waals surface area (Å²) in [6.45, 7) is 0.773. The van der Waals surface area contributed by atoms with E-state index in [9.17, 15) is 22.8 Å². The van der Waals surface area contributed by atoms with Crippen molar-refractivity contribution in [2.45, 2.75) is 6.18 Å². The fourth-order valence-corrected chi connectivity index (χ4v) is 2.84. The van der Waals surface area contributed by atoms with Crippen LogP contribution in [0.15, 0.2) is 48.8 Å². The van der Waals surface area contributed by atoms with Crippen molar-refractivity contribution in [3.8, 4) is 0 Å². The zero-order valence-electron chi connectivity index (χ0n) is 14.2. The van der Waals surface area contributed by atoms with Crippen LogP contribution in [0.2, 0.25) is 0 Å². The SMILES string of the molecule is O=C(Nc1cccnc1)N1CCN(C(=O)c2ccccc2C(F)(F)F)CC1. The van der Waals surface area contributed by atoms with Crippen LogP contribution in [0.4, 0.5) is 23.7 Å². The molecule has 1 fully saturated rings. The van der Waals surface area contributed by atoms with Gasteiger partial charge < -0.3 is 15.1 Å². The Morgan fingerprint density at radius 1 is 0.963 bits per heavy atom. The number of nitrogens with one attached hydrogen (secondary N) is 1. The minimum atomic E-state index is -4.60. The normalized spacial score (nSPS) is 14.8. The number of rotatable bonds is 2. The lowest BCUT2D eigenvalue weighted by Crippen LogP contribution is -2.51. The molecule has 0 spiro atoms. The number of hydrogen-bond donors (Lipinski definition) is 1. The van der Waals surface area contributed by atoms with E-state index in [0.717, 1.165) is 6.07 Å². The summed E-state index contributed by atoms with van der Waals surface area (Å²) in [7, 11) is 0. The van der Waals surface area contributed by atoms with E-state index in [1.165, 1.54) is 34.2 Å². The lowest BCUT2D eigenvalue weighted by atomic mass is 10.1. The van der Waals surface area contributed by atoms with Crippen LogP contribution < -0.4 is 5.32 Å².